The van der Waals surface area contributed by atoms with Crippen molar-refractivity contribution in [2.45, 2.75) is 129 Å². The SMILES string of the molecule is CCCC/C=C/C(O)C(COP(=O)(O)OCC[N+](C)(C)C)NC(=O)CCCCCCC/C=C\CCCCCCC. The maximum absolute atomic E-state index is 12.6. The molecular formula is C31H62N2O6P+. The van der Waals surface area contributed by atoms with Crippen LogP contribution in [0.25, 0.3) is 0 Å². The number of carbonyl (C=O) groups is 1. The molecule has 0 saturated heterocycles. The Kier molecular flexibility index (Phi) is 23.9. The van der Waals surface area contributed by atoms with E-state index in [-0.39, 0.29) is 19.1 Å². The maximum Gasteiger partial charge on any atom is 0.472 e. The highest BCUT2D eigenvalue weighted by atomic mass is 31.2. The summed E-state index contributed by atoms with van der Waals surface area (Å²) in [6.45, 7) is 4.60. The van der Waals surface area contributed by atoms with Gasteiger partial charge in [-0.15, -0.1) is 0 Å². The number of hydrogen-bond donors (Lipinski definition) is 3. The average molecular weight is 590 g/mol. The zero-order valence-electron chi connectivity index (χ0n) is 26.3. The first kappa shape index (κ1) is 39.0. The molecule has 0 aromatic rings. The summed E-state index contributed by atoms with van der Waals surface area (Å²) in [4.78, 5) is 22.6. The molecule has 0 aromatic carbocycles. The van der Waals surface area contributed by atoms with Crippen molar-refractivity contribution in [2.24, 2.45) is 0 Å². The van der Waals surface area contributed by atoms with E-state index in [1.807, 2.05) is 27.2 Å². The summed E-state index contributed by atoms with van der Waals surface area (Å²) in [5.74, 6) is -0.199. The molecule has 0 aliphatic rings. The van der Waals surface area contributed by atoms with Gasteiger partial charge in [0.1, 0.15) is 13.2 Å². The monoisotopic (exact) mass is 589 g/mol. The minimum atomic E-state index is -4.31. The number of hydrogen-bond acceptors (Lipinski definition) is 5. The van der Waals surface area contributed by atoms with Gasteiger partial charge in [-0.05, 0) is 38.5 Å². The Morgan fingerprint density at radius 2 is 1.38 bits per heavy atom. The fourth-order valence-corrected chi connectivity index (χ4v) is 4.75. The summed E-state index contributed by atoms with van der Waals surface area (Å²) < 4.78 is 23.1. The van der Waals surface area contributed by atoms with Gasteiger partial charge in [0.05, 0.1) is 39.9 Å². The number of amides is 1. The van der Waals surface area contributed by atoms with Crippen LogP contribution in [0.15, 0.2) is 24.3 Å². The lowest BCUT2D eigenvalue weighted by atomic mass is 10.1. The van der Waals surface area contributed by atoms with E-state index in [2.05, 4.69) is 31.3 Å². The number of nitrogens with one attached hydrogen (secondary N) is 1. The number of phosphoric ester groups is 1. The van der Waals surface area contributed by atoms with Gasteiger partial charge in [-0.1, -0.05) is 95.9 Å². The molecule has 0 aromatic heterocycles. The number of phosphoric acid groups is 1. The Bertz CT molecular complexity index is 723. The molecule has 9 heteroatoms. The molecular weight excluding hydrogens is 527 g/mol. The molecule has 236 valence electrons. The van der Waals surface area contributed by atoms with Gasteiger partial charge in [0.25, 0.3) is 0 Å². The van der Waals surface area contributed by atoms with Gasteiger partial charge in [0.2, 0.25) is 5.91 Å². The van der Waals surface area contributed by atoms with Crippen molar-refractivity contribution in [2.75, 3.05) is 40.9 Å². The van der Waals surface area contributed by atoms with E-state index >= 15 is 0 Å². The third kappa shape index (κ3) is 25.9. The van der Waals surface area contributed by atoms with Gasteiger partial charge in [-0.3, -0.25) is 13.8 Å². The first-order valence-corrected chi connectivity index (χ1v) is 17.2. The molecule has 40 heavy (non-hydrogen) atoms. The van der Waals surface area contributed by atoms with Gasteiger partial charge in [0.15, 0.2) is 0 Å². The molecule has 3 atom stereocenters. The zero-order valence-corrected chi connectivity index (χ0v) is 27.2. The largest absolute Gasteiger partial charge is 0.472 e. The van der Waals surface area contributed by atoms with E-state index in [4.69, 9.17) is 9.05 Å². The van der Waals surface area contributed by atoms with Crippen LogP contribution in [-0.2, 0) is 18.4 Å². The van der Waals surface area contributed by atoms with E-state index in [0.717, 1.165) is 51.4 Å². The van der Waals surface area contributed by atoms with Crippen molar-refractivity contribution in [3.05, 3.63) is 24.3 Å². The van der Waals surface area contributed by atoms with Crippen LogP contribution in [0.4, 0.5) is 0 Å². The number of carbonyl (C=O) groups excluding carboxylic acids is 1. The van der Waals surface area contributed by atoms with Crippen molar-refractivity contribution < 1.29 is 32.9 Å². The quantitative estimate of drug-likeness (QED) is 0.0410. The minimum absolute atomic E-state index is 0.0587. The van der Waals surface area contributed by atoms with Crippen LogP contribution < -0.4 is 5.32 Å². The van der Waals surface area contributed by atoms with Crippen molar-refractivity contribution in [1.82, 2.24) is 5.32 Å². The summed E-state index contributed by atoms with van der Waals surface area (Å²) in [7, 11) is 1.55. The number of aliphatic hydroxyl groups is 1. The van der Waals surface area contributed by atoms with E-state index in [0.29, 0.717) is 17.4 Å². The van der Waals surface area contributed by atoms with Crippen molar-refractivity contribution >= 4 is 13.7 Å². The number of quaternary nitrogens is 1. The van der Waals surface area contributed by atoms with Gasteiger partial charge in [-0.25, -0.2) is 4.57 Å². The lowest BCUT2D eigenvalue weighted by Crippen LogP contribution is -2.45. The Morgan fingerprint density at radius 3 is 1.98 bits per heavy atom. The lowest BCUT2D eigenvalue weighted by Gasteiger charge is -2.25. The smallest absolute Gasteiger partial charge is 0.387 e. The van der Waals surface area contributed by atoms with E-state index in [9.17, 15) is 19.4 Å². The summed E-state index contributed by atoms with van der Waals surface area (Å²) in [5.41, 5.74) is 0. The first-order valence-electron chi connectivity index (χ1n) is 15.7. The third-order valence-electron chi connectivity index (χ3n) is 6.67. The Labute approximate surface area is 245 Å². The number of allylic oxidation sites excluding steroid dienone is 3. The molecule has 0 rings (SSSR count). The second-order valence-corrected chi connectivity index (χ2v) is 13.3. The van der Waals surface area contributed by atoms with Gasteiger partial charge in [0, 0.05) is 6.42 Å². The molecule has 1 amide bonds. The fourth-order valence-electron chi connectivity index (χ4n) is 4.02. The molecule has 3 unspecified atom stereocenters. The molecule has 0 radical (unpaired) electrons. The molecule has 0 bridgehead atoms. The fraction of sp³-hybridized carbons (Fsp3) is 0.839. The third-order valence-corrected chi connectivity index (χ3v) is 7.65. The summed E-state index contributed by atoms with van der Waals surface area (Å²) in [6.07, 6.45) is 24.3. The number of rotatable bonds is 27. The highest BCUT2D eigenvalue weighted by Crippen LogP contribution is 2.43. The molecule has 3 N–H and O–H groups in total. The predicted molar refractivity (Wildman–Crippen MR) is 166 cm³/mol. The highest BCUT2D eigenvalue weighted by molar-refractivity contribution is 7.47. The van der Waals surface area contributed by atoms with Gasteiger partial charge < -0.3 is 19.8 Å². The number of likely N-dealkylation sites (N-methyl/N-ethyl adjacent to an activating group) is 1. The second-order valence-electron chi connectivity index (χ2n) is 11.8. The molecule has 0 fully saturated rings. The maximum atomic E-state index is 12.6. The Morgan fingerprint density at radius 1 is 0.825 bits per heavy atom. The predicted octanol–water partition coefficient (Wildman–Crippen LogP) is 7.07. The van der Waals surface area contributed by atoms with Crippen LogP contribution in [0.5, 0.6) is 0 Å². The molecule has 0 spiro atoms. The highest BCUT2D eigenvalue weighted by Gasteiger charge is 2.27. The van der Waals surface area contributed by atoms with Crippen LogP contribution in [-0.4, -0.2) is 73.4 Å². The Hall–Kier alpha value is -1.02. The molecule has 8 nitrogen and oxygen atoms in total. The normalized spacial score (nSPS) is 15.5. The molecule has 0 saturated carbocycles. The zero-order chi connectivity index (χ0) is 30.1. The molecule has 0 aliphatic heterocycles. The van der Waals surface area contributed by atoms with Crippen molar-refractivity contribution in [3.63, 3.8) is 0 Å². The van der Waals surface area contributed by atoms with Gasteiger partial charge in [-0.2, -0.15) is 0 Å². The van der Waals surface area contributed by atoms with Crippen molar-refractivity contribution in [1.29, 1.82) is 0 Å². The first-order chi connectivity index (χ1) is 19.0. The van der Waals surface area contributed by atoms with E-state index < -0.39 is 20.0 Å². The van der Waals surface area contributed by atoms with E-state index in [1.165, 1.54) is 44.9 Å². The second kappa shape index (κ2) is 24.6. The van der Waals surface area contributed by atoms with Crippen LogP contribution in [0.3, 0.4) is 0 Å². The van der Waals surface area contributed by atoms with Gasteiger partial charge >= 0.3 is 7.82 Å². The number of unbranched alkanes of at least 4 members (excludes halogenated alkanes) is 12. The van der Waals surface area contributed by atoms with Crippen molar-refractivity contribution in [3.8, 4) is 0 Å². The van der Waals surface area contributed by atoms with Crippen LogP contribution >= 0.6 is 7.82 Å². The van der Waals surface area contributed by atoms with Crippen LogP contribution in [0.2, 0.25) is 0 Å². The van der Waals surface area contributed by atoms with E-state index in [1.54, 1.807) is 6.08 Å². The van der Waals surface area contributed by atoms with Crippen LogP contribution in [0, 0.1) is 0 Å². The lowest BCUT2D eigenvalue weighted by molar-refractivity contribution is -0.870. The summed E-state index contributed by atoms with van der Waals surface area (Å²) in [6, 6.07) is -0.841. The average Bonchev–Trinajstić information content (AvgIpc) is 2.88. The standard InChI is InChI=1S/C31H61N2O6P/c1-6-8-10-12-13-14-15-16-17-18-19-20-21-23-25-31(35)32-29(30(34)24-22-11-9-7-2)28-39-40(36,37)38-27-26-33(3,4)5/h15-16,22,24,29-30,34H,6-14,17-21,23,25-28H2,1-5H3,(H-,32,35,36,37)/p+1/b16-15-,24-22+. The summed E-state index contributed by atoms with van der Waals surface area (Å²) >= 11 is 0. The molecule has 0 heterocycles. The Balaban J connectivity index is 4.40. The van der Waals surface area contributed by atoms with Crippen LogP contribution in [0.1, 0.15) is 117 Å². The topological polar surface area (TPSA) is 105 Å². The molecule has 0 aliphatic carbocycles. The summed E-state index contributed by atoms with van der Waals surface area (Å²) in [5, 5.41) is 13.4. The minimum Gasteiger partial charge on any atom is -0.387 e. The number of nitrogens with zero attached hydrogens (tertiary/aromatic N) is 1. The number of aliphatic hydroxyl groups excluding tert-OH is 1.